The van der Waals surface area contributed by atoms with Crippen molar-refractivity contribution in [3.8, 4) is 17.0 Å². The SMILES string of the molecule is O=C(N[C@@H]1CN2CCC1CC2)C1(F)CCN(c2nccc(-c3ccc(OCCF)cc3)n2)CC1. The summed E-state index contributed by atoms with van der Waals surface area (Å²) >= 11 is 0. The molecule has 6 rings (SSSR count). The third kappa shape index (κ3) is 4.85. The molecule has 4 fully saturated rings. The molecule has 0 saturated carbocycles. The molecule has 2 aromatic rings. The van der Waals surface area contributed by atoms with E-state index in [-0.39, 0.29) is 25.5 Å². The van der Waals surface area contributed by atoms with Crippen molar-refractivity contribution in [3.63, 3.8) is 0 Å². The van der Waals surface area contributed by atoms with Gasteiger partial charge < -0.3 is 19.9 Å². The summed E-state index contributed by atoms with van der Waals surface area (Å²) in [6, 6.07) is 9.15. The van der Waals surface area contributed by atoms with E-state index in [9.17, 15) is 9.18 Å². The van der Waals surface area contributed by atoms with Gasteiger partial charge in [0.15, 0.2) is 5.67 Å². The Kier molecular flexibility index (Phi) is 6.63. The molecule has 0 spiro atoms. The summed E-state index contributed by atoms with van der Waals surface area (Å²) in [6.45, 7) is 3.26. The van der Waals surface area contributed by atoms with Crippen LogP contribution in [-0.4, -0.2) is 78.5 Å². The number of ether oxygens (including phenoxy) is 1. The molecule has 4 saturated heterocycles. The minimum Gasteiger partial charge on any atom is -0.491 e. The van der Waals surface area contributed by atoms with Crippen molar-refractivity contribution in [2.24, 2.45) is 5.92 Å². The van der Waals surface area contributed by atoms with E-state index in [1.807, 2.05) is 23.1 Å². The molecule has 9 heteroatoms. The quantitative estimate of drug-likeness (QED) is 0.670. The van der Waals surface area contributed by atoms with Crippen LogP contribution >= 0.6 is 0 Å². The van der Waals surface area contributed by atoms with Crippen LogP contribution in [0.3, 0.4) is 0 Å². The molecule has 34 heavy (non-hydrogen) atoms. The third-order valence-corrected chi connectivity index (χ3v) is 7.36. The number of nitrogens with one attached hydrogen (secondary N) is 1. The van der Waals surface area contributed by atoms with Crippen LogP contribution in [0.2, 0.25) is 0 Å². The van der Waals surface area contributed by atoms with Gasteiger partial charge in [0.1, 0.15) is 19.0 Å². The summed E-state index contributed by atoms with van der Waals surface area (Å²) < 4.78 is 33.2. The van der Waals surface area contributed by atoms with Crippen LogP contribution in [0.1, 0.15) is 25.7 Å². The number of alkyl halides is 2. The van der Waals surface area contributed by atoms with Crippen molar-refractivity contribution in [1.82, 2.24) is 20.2 Å². The number of nitrogens with zero attached hydrogens (tertiary/aromatic N) is 4. The summed E-state index contributed by atoms with van der Waals surface area (Å²) in [5, 5.41) is 3.03. The maximum atomic E-state index is 15.6. The van der Waals surface area contributed by atoms with Gasteiger partial charge in [-0.05, 0) is 62.2 Å². The zero-order valence-electron chi connectivity index (χ0n) is 19.3. The minimum atomic E-state index is -1.85. The van der Waals surface area contributed by atoms with Crippen LogP contribution < -0.4 is 15.0 Å². The van der Waals surface area contributed by atoms with Gasteiger partial charge in [0.05, 0.1) is 5.69 Å². The predicted octanol–water partition coefficient (Wildman–Crippen LogP) is 3.01. The van der Waals surface area contributed by atoms with Crippen LogP contribution in [0.5, 0.6) is 5.75 Å². The molecule has 0 unspecified atom stereocenters. The van der Waals surface area contributed by atoms with E-state index >= 15 is 4.39 Å². The number of hydrogen-bond donors (Lipinski definition) is 1. The Morgan fingerprint density at radius 2 is 1.85 bits per heavy atom. The topological polar surface area (TPSA) is 70.6 Å². The highest BCUT2D eigenvalue weighted by Gasteiger charge is 2.44. The molecular weight excluding hydrogens is 440 g/mol. The lowest BCUT2D eigenvalue weighted by molar-refractivity contribution is -0.136. The molecule has 1 aromatic carbocycles. The predicted molar refractivity (Wildman–Crippen MR) is 125 cm³/mol. The first-order valence-electron chi connectivity index (χ1n) is 12.1. The highest BCUT2D eigenvalue weighted by atomic mass is 19.1. The van der Waals surface area contributed by atoms with Crippen molar-refractivity contribution in [1.29, 1.82) is 0 Å². The van der Waals surface area contributed by atoms with Crippen LogP contribution in [0, 0.1) is 5.92 Å². The van der Waals surface area contributed by atoms with Gasteiger partial charge in [-0.2, -0.15) is 0 Å². The Bertz CT molecular complexity index is 989. The van der Waals surface area contributed by atoms with Crippen LogP contribution in [0.25, 0.3) is 11.3 Å². The number of rotatable bonds is 7. The van der Waals surface area contributed by atoms with Crippen LogP contribution in [-0.2, 0) is 4.79 Å². The second kappa shape index (κ2) is 9.82. The van der Waals surface area contributed by atoms with Crippen molar-refractivity contribution in [2.45, 2.75) is 37.4 Å². The first kappa shape index (κ1) is 23.0. The first-order chi connectivity index (χ1) is 16.5. The molecule has 4 aliphatic heterocycles. The first-order valence-corrected chi connectivity index (χ1v) is 12.1. The lowest BCUT2D eigenvalue weighted by atomic mass is 9.83. The third-order valence-electron chi connectivity index (χ3n) is 7.36. The average Bonchev–Trinajstić information content (AvgIpc) is 2.89. The molecule has 1 aromatic heterocycles. The second-order valence-corrected chi connectivity index (χ2v) is 9.47. The van der Waals surface area contributed by atoms with Gasteiger partial charge in [0.25, 0.3) is 5.91 Å². The standard InChI is InChI=1S/C25H31F2N5O2/c26-10-16-34-20-3-1-18(2-4-20)21-5-11-28-24(30-21)32-14-8-25(27,9-15-32)23(33)29-22-17-31-12-6-19(22)7-13-31/h1-5,11,19,22H,6-10,12-17H2,(H,29,33)/t22-/m1/s1. The number of hydrogen-bond acceptors (Lipinski definition) is 6. The molecule has 182 valence electrons. The van der Waals surface area contributed by atoms with E-state index in [1.54, 1.807) is 18.3 Å². The highest BCUT2D eigenvalue weighted by molar-refractivity contribution is 5.85. The average molecular weight is 472 g/mol. The smallest absolute Gasteiger partial charge is 0.258 e. The molecule has 7 nitrogen and oxygen atoms in total. The Morgan fingerprint density at radius 3 is 2.50 bits per heavy atom. The molecular formula is C25H31F2N5O2. The van der Waals surface area contributed by atoms with Crippen molar-refractivity contribution < 1.29 is 18.3 Å². The number of anilines is 1. The monoisotopic (exact) mass is 471 g/mol. The zero-order chi connectivity index (χ0) is 23.5. The molecule has 1 N–H and O–H groups in total. The number of aromatic nitrogens is 2. The van der Waals surface area contributed by atoms with Gasteiger partial charge >= 0.3 is 0 Å². The highest BCUT2D eigenvalue weighted by Crippen LogP contribution is 2.32. The summed E-state index contributed by atoms with van der Waals surface area (Å²) in [7, 11) is 0. The second-order valence-electron chi connectivity index (χ2n) is 9.47. The number of carbonyl (C=O) groups excluding carboxylic acids is 1. The number of halogens is 2. The van der Waals surface area contributed by atoms with E-state index in [2.05, 4.69) is 20.2 Å². The fourth-order valence-electron chi connectivity index (χ4n) is 5.25. The lowest BCUT2D eigenvalue weighted by Gasteiger charge is -2.46. The molecule has 1 atom stereocenters. The van der Waals surface area contributed by atoms with Gasteiger partial charge in [0.2, 0.25) is 5.95 Å². The van der Waals surface area contributed by atoms with Gasteiger partial charge in [-0.3, -0.25) is 4.79 Å². The fourth-order valence-corrected chi connectivity index (χ4v) is 5.25. The van der Waals surface area contributed by atoms with Crippen molar-refractivity contribution in [3.05, 3.63) is 36.5 Å². The summed E-state index contributed by atoms with van der Waals surface area (Å²) in [4.78, 5) is 26.2. The van der Waals surface area contributed by atoms with Gasteiger partial charge in [-0.1, -0.05) is 0 Å². The van der Waals surface area contributed by atoms with E-state index in [0.29, 0.717) is 30.7 Å². The van der Waals surface area contributed by atoms with Crippen molar-refractivity contribution >= 4 is 11.9 Å². The van der Waals surface area contributed by atoms with Crippen LogP contribution in [0.15, 0.2) is 36.5 Å². The van der Waals surface area contributed by atoms with Gasteiger partial charge in [-0.15, -0.1) is 0 Å². The Hall–Kier alpha value is -2.81. The Morgan fingerprint density at radius 1 is 1.12 bits per heavy atom. The minimum absolute atomic E-state index is 0.0275. The normalized spacial score (nSPS) is 25.7. The summed E-state index contributed by atoms with van der Waals surface area (Å²) in [6.07, 6.45) is 4.09. The maximum absolute atomic E-state index is 15.6. The van der Waals surface area contributed by atoms with E-state index in [1.165, 1.54) is 0 Å². The Labute approximate surface area is 198 Å². The number of carbonyl (C=O) groups is 1. The van der Waals surface area contributed by atoms with Gasteiger partial charge in [0, 0.05) is 50.3 Å². The Balaban J connectivity index is 1.19. The van der Waals surface area contributed by atoms with Gasteiger partial charge in [-0.25, -0.2) is 18.7 Å². The summed E-state index contributed by atoms with van der Waals surface area (Å²) in [5.74, 6) is 1.13. The molecule has 0 radical (unpaired) electrons. The van der Waals surface area contributed by atoms with Crippen LogP contribution in [0.4, 0.5) is 14.7 Å². The van der Waals surface area contributed by atoms with E-state index < -0.39 is 18.3 Å². The number of benzene rings is 1. The largest absolute Gasteiger partial charge is 0.491 e. The number of piperidine rings is 4. The lowest BCUT2D eigenvalue weighted by Crippen LogP contribution is -2.61. The molecule has 4 aliphatic rings. The molecule has 2 bridgehead atoms. The van der Waals surface area contributed by atoms with E-state index in [0.717, 1.165) is 43.7 Å². The number of amides is 1. The molecule has 5 heterocycles. The fraction of sp³-hybridized carbons (Fsp3) is 0.560. The maximum Gasteiger partial charge on any atom is 0.258 e. The van der Waals surface area contributed by atoms with Crippen molar-refractivity contribution in [2.75, 3.05) is 50.9 Å². The zero-order valence-corrected chi connectivity index (χ0v) is 19.3. The number of fused-ring (bicyclic) bond motifs is 3. The molecule has 0 aliphatic carbocycles. The van der Waals surface area contributed by atoms with E-state index in [4.69, 9.17) is 4.74 Å². The molecule has 1 amide bonds. The summed E-state index contributed by atoms with van der Waals surface area (Å²) in [5.41, 5.74) is -0.237.